The molecule has 0 atom stereocenters. The number of hydrogen-bond donors (Lipinski definition) is 0. The van der Waals surface area contributed by atoms with E-state index in [1.165, 1.54) is 12.1 Å². The van der Waals surface area contributed by atoms with E-state index in [0.29, 0.717) is 19.5 Å². The highest BCUT2D eigenvalue weighted by molar-refractivity contribution is 5.95. The second-order valence-corrected chi connectivity index (χ2v) is 6.82. The van der Waals surface area contributed by atoms with E-state index < -0.39 is 0 Å². The van der Waals surface area contributed by atoms with E-state index in [4.69, 9.17) is 4.98 Å². The molecule has 27 heavy (non-hydrogen) atoms. The zero-order chi connectivity index (χ0) is 18.8. The van der Waals surface area contributed by atoms with Crippen LogP contribution in [0.25, 0.3) is 22.0 Å². The van der Waals surface area contributed by atoms with Gasteiger partial charge in [0.1, 0.15) is 5.82 Å². The molecule has 0 aliphatic carbocycles. The first-order chi connectivity index (χ1) is 13.1. The van der Waals surface area contributed by atoms with Crippen LogP contribution in [0.1, 0.15) is 24.1 Å². The summed E-state index contributed by atoms with van der Waals surface area (Å²) in [5.41, 5.74) is 4.63. The van der Waals surface area contributed by atoms with Crippen LogP contribution >= 0.6 is 0 Å². The Morgan fingerprint density at radius 3 is 2.67 bits per heavy atom. The van der Waals surface area contributed by atoms with Gasteiger partial charge >= 0.3 is 0 Å². The van der Waals surface area contributed by atoms with E-state index >= 15 is 0 Å². The maximum atomic E-state index is 13.3. The summed E-state index contributed by atoms with van der Waals surface area (Å²) in [5.74, 6) is -0.0534. The molecule has 5 heteroatoms. The van der Waals surface area contributed by atoms with Crippen LogP contribution < -0.4 is 0 Å². The van der Waals surface area contributed by atoms with Crippen molar-refractivity contribution in [3.05, 3.63) is 65.6 Å². The fourth-order valence-electron chi connectivity index (χ4n) is 3.58. The highest BCUT2D eigenvalue weighted by atomic mass is 19.1. The molecule has 1 aromatic heterocycles. The van der Waals surface area contributed by atoms with Crippen molar-refractivity contribution < 1.29 is 9.18 Å². The molecular weight excluding hydrogens is 341 g/mol. The summed E-state index contributed by atoms with van der Waals surface area (Å²) in [6.45, 7) is 5.39. The summed E-state index contributed by atoms with van der Waals surface area (Å²) >= 11 is 0. The van der Waals surface area contributed by atoms with Crippen molar-refractivity contribution in [1.82, 2.24) is 9.88 Å². The lowest BCUT2D eigenvalue weighted by molar-refractivity contribution is -0.128. The molecule has 0 unspecified atom stereocenters. The molecule has 1 saturated heterocycles. The van der Waals surface area contributed by atoms with Crippen LogP contribution in [0.2, 0.25) is 0 Å². The first kappa shape index (κ1) is 17.3. The number of likely N-dealkylation sites (tertiary alicyclic amines) is 1. The Hall–Kier alpha value is -3.08. The minimum Gasteiger partial charge on any atom is -0.338 e. The van der Waals surface area contributed by atoms with Crippen LogP contribution in [0, 0.1) is 5.82 Å². The molecule has 0 N–H and O–H groups in total. The van der Waals surface area contributed by atoms with E-state index in [1.54, 1.807) is 12.1 Å². The van der Waals surface area contributed by atoms with Crippen LogP contribution in [-0.4, -0.2) is 29.1 Å². The number of fused-ring (bicyclic) bond motifs is 1. The van der Waals surface area contributed by atoms with Gasteiger partial charge in [0, 0.05) is 24.9 Å². The number of carbonyl (C=O) groups is 1. The largest absolute Gasteiger partial charge is 0.338 e. The van der Waals surface area contributed by atoms with Crippen molar-refractivity contribution in [2.24, 2.45) is 4.99 Å². The van der Waals surface area contributed by atoms with E-state index in [-0.39, 0.29) is 11.7 Å². The van der Waals surface area contributed by atoms with Gasteiger partial charge in [0.2, 0.25) is 5.91 Å². The zero-order valence-electron chi connectivity index (χ0n) is 15.0. The molecule has 2 aromatic carbocycles. The number of aromatic nitrogens is 1. The normalized spacial score (nSPS) is 14.1. The van der Waals surface area contributed by atoms with Crippen molar-refractivity contribution in [2.45, 2.75) is 25.9 Å². The maximum Gasteiger partial charge on any atom is 0.222 e. The van der Waals surface area contributed by atoms with Crippen molar-refractivity contribution >= 4 is 23.5 Å². The van der Waals surface area contributed by atoms with Crippen LogP contribution in [0.3, 0.4) is 0 Å². The van der Waals surface area contributed by atoms with E-state index in [1.807, 2.05) is 29.2 Å². The van der Waals surface area contributed by atoms with Crippen molar-refractivity contribution in [2.75, 3.05) is 6.54 Å². The van der Waals surface area contributed by atoms with Gasteiger partial charge in [0.25, 0.3) is 0 Å². The van der Waals surface area contributed by atoms with Gasteiger partial charge in [-0.05, 0) is 54.1 Å². The number of halogens is 1. The third-order valence-corrected chi connectivity index (χ3v) is 4.90. The van der Waals surface area contributed by atoms with Crippen molar-refractivity contribution in [3.63, 3.8) is 0 Å². The maximum absolute atomic E-state index is 13.3. The van der Waals surface area contributed by atoms with Crippen molar-refractivity contribution in [3.8, 4) is 11.1 Å². The van der Waals surface area contributed by atoms with Crippen LogP contribution in [0.15, 0.2) is 53.5 Å². The van der Waals surface area contributed by atoms with Crippen LogP contribution in [0.5, 0.6) is 0 Å². The Kier molecular flexibility index (Phi) is 4.67. The summed E-state index contributed by atoms with van der Waals surface area (Å²) in [4.78, 5) is 22.5. The van der Waals surface area contributed by atoms with Gasteiger partial charge in [-0.2, -0.15) is 0 Å². The Bertz CT molecular complexity index is 1010. The first-order valence-corrected chi connectivity index (χ1v) is 9.03. The predicted octanol–water partition coefficient (Wildman–Crippen LogP) is 4.36. The van der Waals surface area contributed by atoms with Gasteiger partial charge in [-0.3, -0.25) is 14.8 Å². The summed E-state index contributed by atoms with van der Waals surface area (Å²) < 4.78 is 13.3. The molecule has 1 aliphatic heterocycles. The van der Waals surface area contributed by atoms with Gasteiger partial charge in [0.05, 0.1) is 17.8 Å². The molecule has 0 radical (unpaired) electrons. The van der Waals surface area contributed by atoms with Crippen molar-refractivity contribution in [1.29, 1.82) is 0 Å². The summed E-state index contributed by atoms with van der Waals surface area (Å²) in [6.07, 6.45) is 1.56. The zero-order valence-corrected chi connectivity index (χ0v) is 15.0. The number of amides is 1. The van der Waals surface area contributed by atoms with Gasteiger partial charge in [-0.25, -0.2) is 4.39 Å². The molecule has 1 fully saturated rings. The number of hydrogen-bond acceptors (Lipinski definition) is 3. The third-order valence-electron chi connectivity index (χ3n) is 4.90. The molecule has 1 aliphatic rings. The summed E-state index contributed by atoms with van der Waals surface area (Å²) in [7, 11) is 0. The van der Waals surface area contributed by atoms with E-state index in [9.17, 15) is 9.18 Å². The number of pyridine rings is 1. The first-order valence-electron chi connectivity index (χ1n) is 9.03. The highest BCUT2D eigenvalue weighted by Gasteiger charge is 2.20. The predicted molar refractivity (Wildman–Crippen MR) is 105 cm³/mol. The molecule has 2 heterocycles. The highest BCUT2D eigenvalue weighted by Crippen LogP contribution is 2.30. The molecule has 4 rings (SSSR count). The molecule has 3 aromatic rings. The average molecular weight is 361 g/mol. The minimum absolute atomic E-state index is 0.208. The van der Waals surface area contributed by atoms with Gasteiger partial charge in [-0.1, -0.05) is 24.3 Å². The monoisotopic (exact) mass is 361 g/mol. The van der Waals surface area contributed by atoms with Gasteiger partial charge in [0.15, 0.2) is 0 Å². The Morgan fingerprint density at radius 1 is 1.15 bits per heavy atom. The summed E-state index contributed by atoms with van der Waals surface area (Å²) in [5, 5.41) is 0.992. The minimum atomic E-state index is -0.261. The van der Waals surface area contributed by atoms with Crippen LogP contribution in [-0.2, 0) is 17.9 Å². The van der Waals surface area contributed by atoms with Crippen LogP contribution in [0.4, 0.5) is 4.39 Å². The standard InChI is InChI=1S/C22H20FN3O/c1-24-13-18-12-20(16-5-7-17(23)8-6-16)19-9-4-15(11-21(19)25-18)14-26-10-2-3-22(26)27/h4-9,11-12H,1-3,10,13-14H2. The lowest BCUT2D eigenvalue weighted by Crippen LogP contribution is -2.23. The van der Waals surface area contributed by atoms with E-state index in [0.717, 1.165) is 46.3 Å². The SMILES string of the molecule is C=NCc1cc(-c2ccc(F)cc2)c2ccc(CN3CCCC3=O)cc2n1. The second kappa shape index (κ2) is 7.27. The Labute approximate surface area is 157 Å². The molecule has 0 spiro atoms. The Morgan fingerprint density at radius 2 is 1.96 bits per heavy atom. The molecule has 1 amide bonds. The number of carbonyl (C=O) groups excluding carboxylic acids is 1. The lowest BCUT2D eigenvalue weighted by Gasteiger charge is -2.16. The number of benzene rings is 2. The second-order valence-electron chi connectivity index (χ2n) is 6.82. The molecular formula is C22H20FN3O. The topological polar surface area (TPSA) is 45.6 Å². The molecule has 136 valence electrons. The molecule has 4 nitrogen and oxygen atoms in total. The van der Waals surface area contributed by atoms with Gasteiger partial charge in [-0.15, -0.1) is 0 Å². The lowest BCUT2D eigenvalue weighted by atomic mass is 9.98. The average Bonchev–Trinajstić information content (AvgIpc) is 3.06. The van der Waals surface area contributed by atoms with Gasteiger partial charge < -0.3 is 4.90 Å². The van der Waals surface area contributed by atoms with E-state index in [2.05, 4.69) is 11.7 Å². The Balaban J connectivity index is 1.78. The smallest absolute Gasteiger partial charge is 0.222 e. The fourth-order valence-corrected chi connectivity index (χ4v) is 3.58. The quantitative estimate of drug-likeness (QED) is 0.634. The number of rotatable bonds is 5. The summed E-state index contributed by atoms with van der Waals surface area (Å²) in [6, 6.07) is 14.5. The number of aliphatic imine (C=N–C) groups is 1. The molecule has 0 bridgehead atoms. The number of nitrogens with zero attached hydrogens (tertiary/aromatic N) is 3. The third kappa shape index (κ3) is 3.58. The fraction of sp³-hybridized carbons (Fsp3) is 0.227. The molecule has 0 saturated carbocycles.